The van der Waals surface area contributed by atoms with E-state index in [4.69, 9.17) is 10.2 Å². The van der Waals surface area contributed by atoms with Gasteiger partial charge >= 0.3 is 0 Å². The molecule has 0 spiro atoms. The van der Waals surface area contributed by atoms with Crippen LogP contribution in [0.3, 0.4) is 0 Å². The second-order valence-corrected chi connectivity index (χ2v) is 11.5. The Morgan fingerprint density at radius 3 is 2.49 bits per heavy atom. The fourth-order valence-electron chi connectivity index (χ4n) is 3.57. The molecule has 0 bridgehead atoms. The first kappa shape index (κ1) is 21.8. The number of ether oxygens (including phenoxy) is 1. The Labute approximate surface area is 225 Å². The van der Waals surface area contributed by atoms with E-state index in [0.29, 0.717) is 36.4 Å². The van der Waals surface area contributed by atoms with Crippen molar-refractivity contribution in [3.63, 3.8) is 0 Å². The van der Waals surface area contributed by atoms with Gasteiger partial charge in [0.15, 0.2) is 0 Å². The normalized spacial score (nSPS) is 18.8. The number of hydrogen-bond donors (Lipinski definition) is 3. The van der Waals surface area contributed by atoms with Gasteiger partial charge in [-0.25, -0.2) is 18.1 Å². The van der Waals surface area contributed by atoms with Crippen LogP contribution in [-0.4, -0.2) is 55.1 Å². The van der Waals surface area contributed by atoms with E-state index >= 15 is 0 Å². The number of benzene rings is 2. The number of hydrogen-bond acceptors (Lipinski definition) is 8. The van der Waals surface area contributed by atoms with Crippen molar-refractivity contribution in [1.82, 2.24) is 19.6 Å². The quantitative estimate of drug-likeness (QED) is 0.344. The summed E-state index contributed by atoms with van der Waals surface area (Å²) >= 11 is 0. The minimum Gasteiger partial charge on any atom is -0.492 e. The predicted octanol–water partition coefficient (Wildman–Crippen LogP) is 4.82. The van der Waals surface area contributed by atoms with E-state index in [2.05, 4.69) is 25.3 Å². The number of aromatic nitrogens is 2. The Morgan fingerprint density at radius 2 is 1.78 bits per heavy atom. The highest BCUT2D eigenvalue weighted by Gasteiger charge is 2.22. The molecule has 0 amide bonds. The molecule has 1 aromatic heterocycles. The van der Waals surface area contributed by atoms with Crippen molar-refractivity contribution >= 4 is 33.2 Å². The lowest BCUT2D eigenvalue weighted by Gasteiger charge is -2.20. The maximum Gasteiger partial charge on any atom is 0.241 e. The number of nitrogens with one attached hydrogen (secondary N) is 3. The number of nitrogens with zero attached hydrogens (tertiary/aromatic N) is 3. The number of anilines is 4. The Balaban J connectivity index is 1.36. The molecule has 9 nitrogen and oxygen atoms in total. The molecule has 3 N–H and O–H groups in total. The molecule has 2 heterocycles. The van der Waals surface area contributed by atoms with Gasteiger partial charge in [-0.05, 0) is 96.0 Å². The summed E-state index contributed by atoms with van der Waals surface area (Å²) in [6.07, 6.45) is -2.08. The maximum absolute atomic E-state index is 12.8. The average molecular weight is 529 g/mol. The van der Waals surface area contributed by atoms with Gasteiger partial charge in [0.05, 0.1) is 4.90 Å². The second-order valence-electron chi connectivity index (χ2n) is 9.80. The van der Waals surface area contributed by atoms with Gasteiger partial charge in [0.1, 0.15) is 18.2 Å². The maximum atomic E-state index is 12.8. The number of likely N-dealkylation sites (tertiary alicyclic amines) is 1. The summed E-state index contributed by atoms with van der Waals surface area (Å²) in [4.78, 5) is 10.8. The SMILES string of the molecule is [2H]C1([2H])CN(CCOc2ccc(Nc3ncc(C)c(Nc4cccc(S(=O)(=O)NC(C)(C)C)c4)n3)cc2)CC1([2H])[2H]. The second kappa shape index (κ2) is 11.5. The predicted molar refractivity (Wildman–Crippen MR) is 147 cm³/mol. The molecule has 1 saturated heterocycles. The molecule has 0 radical (unpaired) electrons. The van der Waals surface area contributed by atoms with Crippen molar-refractivity contribution in [1.29, 1.82) is 0 Å². The van der Waals surface area contributed by atoms with Crippen LogP contribution < -0.4 is 20.1 Å². The monoisotopic (exact) mass is 528 g/mol. The van der Waals surface area contributed by atoms with Crippen molar-refractivity contribution in [2.24, 2.45) is 0 Å². The first-order valence-corrected chi connectivity index (χ1v) is 13.5. The molecular formula is C27H36N6O3S. The summed E-state index contributed by atoms with van der Waals surface area (Å²) in [7, 11) is -3.69. The molecular weight excluding hydrogens is 488 g/mol. The van der Waals surface area contributed by atoms with Crippen LogP contribution in [0.1, 0.15) is 44.6 Å². The van der Waals surface area contributed by atoms with Gasteiger partial charge < -0.3 is 15.4 Å². The summed E-state index contributed by atoms with van der Waals surface area (Å²) in [5.41, 5.74) is 1.47. The van der Waals surface area contributed by atoms with Crippen LogP contribution in [0.5, 0.6) is 5.75 Å². The highest BCUT2D eigenvalue weighted by molar-refractivity contribution is 7.89. The first-order valence-electron chi connectivity index (χ1n) is 14.0. The van der Waals surface area contributed by atoms with E-state index in [1.165, 1.54) is 6.07 Å². The van der Waals surface area contributed by atoms with Crippen LogP contribution in [0.2, 0.25) is 0 Å². The summed E-state index contributed by atoms with van der Waals surface area (Å²) in [6.45, 7) is 8.02. The molecule has 1 fully saturated rings. The van der Waals surface area contributed by atoms with Crippen LogP contribution in [0.25, 0.3) is 0 Å². The number of rotatable bonds is 10. The van der Waals surface area contributed by atoms with E-state index in [0.717, 1.165) is 11.3 Å². The molecule has 37 heavy (non-hydrogen) atoms. The number of aryl methyl sites for hydroxylation is 1. The summed E-state index contributed by atoms with van der Waals surface area (Å²) in [5.74, 6) is 1.50. The topological polar surface area (TPSA) is 108 Å². The van der Waals surface area contributed by atoms with E-state index < -0.39 is 28.3 Å². The zero-order chi connectivity index (χ0) is 30.1. The summed E-state index contributed by atoms with van der Waals surface area (Å²) in [6, 6.07) is 13.7. The molecule has 3 aromatic rings. The van der Waals surface area contributed by atoms with Gasteiger partial charge in [0.25, 0.3) is 0 Å². The van der Waals surface area contributed by atoms with Gasteiger partial charge in [-0.1, -0.05) is 6.07 Å². The fraction of sp³-hybridized carbons (Fsp3) is 0.407. The smallest absolute Gasteiger partial charge is 0.241 e. The molecule has 198 valence electrons. The van der Waals surface area contributed by atoms with E-state index in [1.54, 1.807) is 62.2 Å². The van der Waals surface area contributed by atoms with Crippen LogP contribution in [0.15, 0.2) is 59.6 Å². The van der Waals surface area contributed by atoms with Gasteiger partial charge in [0, 0.05) is 40.7 Å². The van der Waals surface area contributed by atoms with Gasteiger partial charge in [-0.15, -0.1) is 0 Å². The van der Waals surface area contributed by atoms with Crippen molar-refractivity contribution in [3.05, 3.63) is 60.3 Å². The zero-order valence-electron chi connectivity index (χ0n) is 25.5. The largest absolute Gasteiger partial charge is 0.492 e. The van der Waals surface area contributed by atoms with Crippen LogP contribution >= 0.6 is 0 Å². The lowest BCUT2D eigenvalue weighted by atomic mass is 10.1. The molecule has 0 atom stereocenters. The Morgan fingerprint density at radius 1 is 1.05 bits per heavy atom. The fourth-order valence-corrected chi connectivity index (χ4v) is 5.04. The lowest BCUT2D eigenvalue weighted by Crippen LogP contribution is -2.40. The Bertz CT molecular complexity index is 1470. The van der Waals surface area contributed by atoms with Crippen molar-refractivity contribution in [2.45, 2.75) is 50.9 Å². The van der Waals surface area contributed by atoms with E-state index in [1.807, 2.05) is 19.1 Å². The zero-order valence-corrected chi connectivity index (χ0v) is 22.3. The summed E-state index contributed by atoms with van der Waals surface area (Å²) < 4.78 is 65.3. The molecule has 0 unspecified atom stereocenters. The number of sulfonamides is 1. The third kappa shape index (κ3) is 7.88. The van der Waals surface area contributed by atoms with Crippen molar-refractivity contribution in [2.75, 3.05) is 36.9 Å². The highest BCUT2D eigenvalue weighted by Crippen LogP contribution is 2.24. The molecule has 2 aromatic carbocycles. The minimum absolute atomic E-state index is 0.0402. The molecule has 10 heteroatoms. The minimum atomic E-state index is -3.69. The molecule has 4 rings (SSSR count). The van der Waals surface area contributed by atoms with Gasteiger partial charge in [-0.2, -0.15) is 4.98 Å². The third-order valence-electron chi connectivity index (χ3n) is 5.34. The highest BCUT2D eigenvalue weighted by atomic mass is 32.2. The van der Waals surface area contributed by atoms with Crippen molar-refractivity contribution < 1.29 is 18.6 Å². The average Bonchev–Trinajstić information content (AvgIpc) is 3.06. The standard InChI is InChI=1S/C27H36N6O3S/c1-20-19-28-26(30-21-10-12-23(13-11-21)36-17-16-33-14-5-6-15-33)31-25(20)29-22-8-7-9-24(18-22)37(34,35)32-27(2,3)4/h7-13,18-19,32H,5-6,14-17H2,1-4H3,(H2,28,29,30,31)/i5D2,6D2. The van der Waals surface area contributed by atoms with Crippen LogP contribution in [0, 0.1) is 6.92 Å². The third-order valence-corrected chi connectivity index (χ3v) is 7.09. The van der Waals surface area contributed by atoms with Crippen LogP contribution in [0.4, 0.5) is 23.1 Å². The lowest BCUT2D eigenvalue weighted by molar-refractivity contribution is 0.238. The van der Waals surface area contributed by atoms with Crippen LogP contribution in [-0.2, 0) is 10.0 Å². The first-order chi connectivity index (χ1) is 19.0. The molecule has 0 aliphatic carbocycles. The van der Waals surface area contributed by atoms with Gasteiger partial charge in [-0.3, -0.25) is 4.90 Å². The Hall–Kier alpha value is -3.21. The summed E-state index contributed by atoms with van der Waals surface area (Å²) in [5, 5.41) is 6.33. The van der Waals surface area contributed by atoms with Gasteiger partial charge in [0.2, 0.25) is 16.0 Å². The van der Waals surface area contributed by atoms with E-state index in [-0.39, 0.29) is 18.0 Å². The molecule has 0 saturated carbocycles. The molecule has 1 aliphatic heterocycles. The van der Waals surface area contributed by atoms with E-state index in [9.17, 15) is 8.42 Å². The van der Waals surface area contributed by atoms with Crippen molar-refractivity contribution in [3.8, 4) is 5.75 Å². The Kier molecular flexibility index (Phi) is 6.76. The molecule has 1 aliphatic rings.